The highest BCUT2D eigenvalue weighted by Crippen LogP contribution is 2.23. The minimum atomic E-state index is 0.446. The van der Waals surface area contributed by atoms with Crippen LogP contribution in [-0.4, -0.2) is 16.6 Å². The zero-order valence-electron chi connectivity index (χ0n) is 11.8. The van der Waals surface area contributed by atoms with Crippen LogP contribution in [0.5, 0.6) is 0 Å². The van der Waals surface area contributed by atoms with E-state index in [-0.39, 0.29) is 0 Å². The van der Waals surface area contributed by atoms with Crippen LogP contribution in [0.25, 0.3) is 22.0 Å². The van der Waals surface area contributed by atoms with Gasteiger partial charge in [-0.1, -0.05) is 48.6 Å². The summed E-state index contributed by atoms with van der Waals surface area (Å²) in [5.74, 6) is 0.757. The number of ether oxygens (including phenoxy) is 1. The molecular formula is C17H16N2OS. The van der Waals surface area contributed by atoms with Gasteiger partial charge in [0, 0.05) is 12.3 Å². The Bertz CT molecular complexity index is 826. The molecule has 0 aliphatic rings. The molecule has 4 heteroatoms. The summed E-state index contributed by atoms with van der Waals surface area (Å²) >= 11 is 5.25. The zero-order valence-corrected chi connectivity index (χ0v) is 12.6. The van der Waals surface area contributed by atoms with Gasteiger partial charge in [-0.05, 0) is 35.4 Å². The second-order valence-electron chi connectivity index (χ2n) is 4.78. The molecule has 0 amide bonds. The summed E-state index contributed by atoms with van der Waals surface area (Å²) < 4.78 is 5.97. The van der Waals surface area contributed by atoms with E-state index < -0.39 is 0 Å². The van der Waals surface area contributed by atoms with E-state index in [4.69, 9.17) is 17.0 Å². The summed E-state index contributed by atoms with van der Waals surface area (Å²) in [6.07, 6.45) is 0. The summed E-state index contributed by atoms with van der Waals surface area (Å²) in [4.78, 5) is 7.59. The Balaban J connectivity index is 2.04. The van der Waals surface area contributed by atoms with Gasteiger partial charge in [0.1, 0.15) is 17.1 Å². The average Bonchev–Trinajstić information content (AvgIpc) is 2.52. The smallest absolute Gasteiger partial charge is 0.134 e. The van der Waals surface area contributed by atoms with Crippen molar-refractivity contribution in [1.82, 2.24) is 9.97 Å². The lowest BCUT2D eigenvalue weighted by Gasteiger charge is -2.07. The number of benzene rings is 2. The molecule has 0 unspecified atom stereocenters. The van der Waals surface area contributed by atoms with E-state index in [0.29, 0.717) is 17.9 Å². The Labute approximate surface area is 128 Å². The number of H-pyrrole nitrogens is 1. The molecule has 0 spiro atoms. The predicted molar refractivity (Wildman–Crippen MR) is 87.7 cm³/mol. The van der Waals surface area contributed by atoms with Crippen LogP contribution in [0.1, 0.15) is 12.7 Å². The van der Waals surface area contributed by atoms with Crippen LogP contribution in [0, 0.1) is 4.64 Å². The van der Waals surface area contributed by atoms with Crippen molar-refractivity contribution in [2.45, 2.75) is 13.5 Å². The Morgan fingerprint density at radius 1 is 1.10 bits per heavy atom. The third kappa shape index (κ3) is 3.17. The molecule has 0 aliphatic heterocycles. The first kappa shape index (κ1) is 13.9. The quantitative estimate of drug-likeness (QED) is 0.721. The second kappa shape index (κ2) is 6.16. The minimum Gasteiger partial charge on any atom is -0.374 e. The van der Waals surface area contributed by atoms with Crippen LogP contribution in [0.4, 0.5) is 0 Å². The van der Waals surface area contributed by atoms with Crippen LogP contribution in [0.15, 0.2) is 48.5 Å². The first-order valence-electron chi connectivity index (χ1n) is 6.93. The van der Waals surface area contributed by atoms with E-state index in [1.807, 2.05) is 25.1 Å². The van der Waals surface area contributed by atoms with E-state index in [1.165, 1.54) is 10.8 Å². The molecule has 0 atom stereocenters. The van der Waals surface area contributed by atoms with Crippen LogP contribution < -0.4 is 0 Å². The molecule has 0 aliphatic carbocycles. The number of aromatic nitrogens is 2. The molecular weight excluding hydrogens is 280 g/mol. The number of nitrogens with zero attached hydrogens (tertiary/aromatic N) is 1. The Hall–Kier alpha value is -2.04. The van der Waals surface area contributed by atoms with Crippen molar-refractivity contribution < 1.29 is 4.74 Å². The molecule has 3 nitrogen and oxygen atoms in total. The standard InChI is InChI=1S/C17H16N2OS/c1-2-20-11-16-18-15(10-17(21)19-16)14-8-7-12-5-3-4-6-13(12)9-14/h3-10H,2,11H2,1H3,(H,18,19,21). The highest BCUT2D eigenvalue weighted by atomic mass is 32.1. The van der Waals surface area contributed by atoms with Crippen LogP contribution in [0.2, 0.25) is 0 Å². The fraction of sp³-hybridized carbons (Fsp3) is 0.176. The molecule has 0 radical (unpaired) electrons. The zero-order chi connectivity index (χ0) is 14.7. The molecule has 106 valence electrons. The number of hydrogen-bond acceptors (Lipinski definition) is 3. The molecule has 0 bridgehead atoms. The monoisotopic (exact) mass is 296 g/mol. The predicted octanol–water partition coefficient (Wildman–Crippen LogP) is 4.50. The highest BCUT2D eigenvalue weighted by Gasteiger charge is 2.03. The summed E-state index contributed by atoms with van der Waals surface area (Å²) in [5.41, 5.74) is 2.07. The summed E-state index contributed by atoms with van der Waals surface area (Å²) in [5, 5.41) is 2.43. The van der Waals surface area contributed by atoms with Crippen molar-refractivity contribution in [3.8, 4) is 11.3 Å². The SMILES string of the molecule is CCOCc1nc(=S)cc(-c2ccc3ccccc3c2)[nH]1. The third-order valence-corrected chi connectivity index (χ3v) is 3.50. The Morgan fingerprint density at radius 3 is 2.71 bits per heavy atom. The van der Waals surface area contributed by atoms with E-state index >= 15 is 0 Å². The summed E-state index contributed by atoms with van der Waals surface area (Å²) in [6.45, 7) is 3.06. The first-order valence-corrected chi connectivity index (χ1v) is 7.34. The Kier molecular flexibility index (Phi) is 4.08. The van der Waals surface area contributed by atoms with Crippen molar-refractivity contribution in [3.05, 3.63) is 59.0 Å². The second-order valence-corrected chi connectivity index (χ2v) is 5.20. The fourth-order valence-electron chi connectivity index (χ4n) is 2.29. The number of aromatic amines is 1. The number of nitrogens with one attached hydrogen (secondary N) is 1. The van der Waals surface area contributed by atoms with Gasteiger partial charge in [-0.25, -0.2) is 4.98 Å². The molecule has 0 saturated heterocycles. The lowest BCUT2D eigenvalue weighted by Crippen LogP contribution is -2.00. The van der Waals surface area contributed by atoms with E-state index in [1.54, 1.807) is 0 Å². The normalized spacial score (nSPS) is 10.9. The molecule has 1 N–H and O–H groups in total. The van der Waals surface area contributed by atoms with Gasteiger partial charge in [0.05, 0.1) is 0 Å². The van der Waals surface area contributed by atoms with Crippen LogP contribution in [0.3, 0.4) is 0 Å². The Morgan fingerprint density at radius 2 is 1.90 bits per heavy atom. The fourth-order valence-corrected chi connectivity index (χ4v) is 2.52. The van der Waals surface area contributed by atoms with Crippen molar-refractivity contribution in [2.75, 3.05) is 6.61 Å². The van der Waals surface area contributed by atoms with E-state index in [2.05, 4.69) is 40.3 Å². The van der Waals surface area contributed by atoms with Gasteiger partial charge in [0.2, 0.25) is 0 Å². The van der Waals surface area contributed by atoms with Gasteiger partial charge in [-0.3, -0.25) is 0 Å². The van der Waals surface area contributed by atoms with Gasteiger partial charge < -0.3 is 9.72 Å². The van der Waals surface area contributed by atoms with Gasteiger partial charge in [0.15, 0.2) is 0 Å². The molecule has 1 heterocycles. The molecule has 0 fully saturated rings. The lowest BCUT2D eigenvalue weighted by atomic mass is 10.1. The third-order valence-electron chi connectivity index (χ3n) is 3.30. The molecule has 1 aromatic heterocycles. The maximum Gasteiger partial charge on any atom is 0.134 e. The largest absolute Gasteiger partial charge is 0.374 e. The molecule has 21 heavy (non-hydrogen) atoms. The molecule has 2 aromatic carbocycles. The number of fused-ring (bicyclic) bond motifs is 1. The van der Waals surface area contributed by atoms with Gasteiger partial charge >= 0.3 is 0 Å². The maximum atomic E-state index is 5.40. The van der Waals surface area contributed by atoms with Gasteiger partial charge in [0.25, 0.3) is 0 Å². The van der Waals surface area contributed by atoms with Crippen LogP contribution in [-0.2, 0) is 11.3 Å². The summed E-state index contributed by atoms with van der Waals surface area (Å²) in [7, 11) is 0. The molecule has 3 rings (SSSR count). The van der Waals surface area contributed by atoms with Gasteiger partial charge in [-0.2, -0.15) is 0 Å². The van der Waals surface area contributed by atoms with Crippen molar-refractivity contribution >= 4 is 23.0 Å². The lowest BCUT2D eigenvalue weighted by molar-refractivity contribution is 0.128. The molecule has 0 saturated carbocycles. The molecule has 3 aromatic rings. The first-order chi connectivity index (χ1) is 10.3. The van der Waals surface area contributed by atoms with E-state index in [0.717, 1.165) is 17.1 Å². The van der Waals surface area contributed by atoms with Crippen molar-refractivity contribution in [2.24, 2.45) is 0 Å². The average molecular weight is 296 g/mol. The van der Waals surface area contributed by atoms with Crippen molar-refractivity contribution in [1.29, 1.82) is 0 Å². The summed E-state index contributed by atoms with van der Waals surface area (Å²) in [6, 6.07) is 16.5. The topological polar surface area (TPSA) is 37.9 Å². The van der Waals surface area contributed by atoms with Crippen LogP contribution >= 0.6 is 12.2 Å². The number of hydrogen-bond donors (Lipinski definition) is 1. The van der Waals surface area contributed by atoms with Crippen molar-refractivity contribution in [3.63, 3.8) is 0 Å². The highest BCUT2D eigenvalue weighted by molar-refractivity contribution is 7.71. The van der Waals surface area contributed by atoms with Gasteiger partial charge in [-0.15, -0.1) is 0 Å². The number of rotatable bonds is 4. The maximum absolute atomic E-state index is 5.40. The minimum absolute atomic E-state index is 0.446. The van der Waals surface area contributed by atoms with E-state index in [9.17, 15) is 0 Å².